The van der Waals surface area contributed by atoms with Crippen LogP contribution in [0.15, 0.2) is 28.7 Å². The zero-order chi connectivity index (χ0) is 13.9. The number of H-pyrrole nitrogens is 1. The number of hydrogen-bond donors (Lipinski definition) is 3. The number of nitrogens with one attached hydrogen (secondary N) is 2. The molecule has 2 heterocycles. The second-order valence-corrected chi connectivity index (χ2v) is 6.88. The van der Waals surface area contributed by atoms with Crippen LogP contribution in [0.1, 0.15) is 10.4 Å². The number of carboxylic acids is 1. The van der Waals surface area contributed by atoms with Gasteiger partial charge in [-0.2, -0.15) is 5.10 Å². The number of aromatic nitrogens is 2. The lowest BCUT2D eigenvalue weighted by Crippen LogP contribution is -2.22. The van der Waals surface area contributed by atoms with Crippen molar-refractivity contribution in [2.24, 2.45) is 0 Å². The van der Waals surface area contributed by atoms with E-state index in [1.54, 1.807) is 6.20 Å². The fourth-order valence-electron chi connectivity index (χ4n) is 1.37. The summed E-state index contributed by atoms with van der Waals surface area (Å²) in [5, 5.41) is 14.9. The average molecular weight is 301 g/mol. The molecule has 0 saturated heterocycles. The highest BCUT2D eigenvalue weighted by molar-refractivity contribution is 7.91. The number of aromatic amines is 1. The predicted octanol–water partition coefficient (Wildman–Crippen LogP) is 0.577. The predicted molar refractivity (Wildman–Crippen MR) is 68.3 cm³/mol. The minimum absolute atomic E-state index is 0.104. The Balaban J connectivity index is 2.06. The topological polar surface area (TPSA) is 112 Å². The lowest BCUT2D eigenvalue weighted by Gasteiger charge is -2.02. The van der Waals surface area contributed by atoms with E-state index in [2.05, 4.69) is 14.9 Å². The molecule has 0 spiro atoms. The van der Waals surface area contributed by atoms with E-state index >= 15 is 0 Å². The summed E-state index contributed by atoms with van der Waals surface area (Å²) in [5.74, 6) is -0.989. The third kappa shape index (κ3) is 3.63. The van der Waals surface area contributed by atoms with Crippen LogP contribution in [0, 0.1) is 0 Å². The van der Waals surface area contributed by atoms with Crippen LogP contribution < -0.4 is 4.72 Å². The van der Waals surface area contributed by atoms with Crippen LogP contribution in [0.4, 0.5) is 0 Å². The molecule has 102 valence electrons. The molecule has 0 aromatic carbocycles. The SMILES string of the molecule is O=C(O)Cc1ccc(S(=O)(=O)NCc2cn[nH]c2)s1. The molecular weight excluding hydrogens is 290 g/mol. The standard InChI is InChI=1S/C10H11N3O4S2/c14-9(15)3-8-1-2-10(18-8)19(16,17)13-6-7-4-11-12-5-7/h1-2,4-5,13H,3,6H2,(H,11,12)(H,14,15). The van der Waals surface area contributed by atoms with Crippen molar-refractivity contribution in [3.8, 4) is 0 Å². The molecule has 19 heavy (non-hydrogen) atoms. The lowest BCUT2D eigenvalue weighted by molar-refractivity contribution is -0.136. The Bertz CT molecular complexity index is 661. The molecule has 0 aliphatic heterocycles. The maximum absolute atomic E-state index is 11.9. The van der Waals surface area contributed by atoms with E-state index in [4.69, 9.17) is 5.11 Å². The van der Waals surface area contributed by atoms with Crippen molar-refractivity contribution < 1.29 is 18.3 Å². The molecule has 2 rings (SSSR count). The summed E-state index contributed by atoms with van der Waals surface area (Å²) in [6.07, 6.45) is 2.93. The lowest BCUT2D eigenvalue weighted by atomic mass is 10.3. The number of thiophene rings is 1. The smallest absolute Gasteiger partial charge is 0.308 e. The first-order valence-electron chi connectivity index (χ1n) is 5.25. The first kappa shape index (κ1) is 13.7. The van der Waals surface area contributed by atoms with Crippen LogP contribution in [0.2, 0.25) is 0 Å². The van der Waals surface area contributed by atoms with Gasteiger partial charge >= 0.3 is 5.97 Å². The molecular formula is C10H11N3O4S2. The van der Waals surface area contributed by atoms with Gasteiger partial charge in [0.05, 0.1) is 12.6 Å². The third-order valence-electron chi connectivity index (χ3n) is 2.25. The number of hydrogen-bond acceptors (Lipinski definition) is 5. The summed E-state index contributed by atoms with van der Waals surface area (Å²) >= 11 is 0.951. The fourth-order valence-corrected chi connectivity index (χ4v) is 3.78. The molecule has 3 N–H and O–H groups in total. The summed E-state index contributed by atoms with van der Waals surface area (Å²) in [6.45, 7) is 0.130. The summed E-state index contributed by atoms with van der Waals surface area (Å²) in [6, 6.07) is 2.91. The van der Waals surface area contributed by atoms with E-state index in [9.17, 15) is 13.2 Å². The fraction of sp³-hybridized carbons (Fsp3) is 0.200. The molecule has 0 fully saturated rings. The van der Waals surface area contributed by atoms with Crippen molar-refractivity contribution in [1.29, 1.82) is 0 Å². The van der Waals surface area contributed by atoms with Crippen LogP contribution in [0.5, 0.6) is 0 Å². The van der Waals surface area contributed by atoms with E-state index in [0.717, 1.165) is 11.3 Å². The Hall–Kier alpha value is -1.71. The van der Waals surface area contributed by atoms with Crippen molar-refractivity contribution in [2.75, 3.05) is 0 Å². The second-order valence-electron chi connectivity index (χ2n) is 3.72. The van der Waals surface area contributed by atoms with Crippen LogP contribution in [0.25, 0.3) is 0 Å². The highest BCUT2D eigenvalue weighted by Crippen LogP contribution is 2.22. The number of rotatable bonds is 6. The van der Waals surface area contributed by atoms with Crippen molar-refractivity contribution >= 4 is 27.3 Å². The summed E-state index contributed by atoms with van der Waals surface area (Å²) < 4.78 is 26.4. The summed E-state index contributed by atoms with van der Waals surface area (Å²) in [7, 11) is -3.62. The van der Waals surface area contributed by atoms with Crippen molar-refractivity contribution in [2.45, 2.75) is 17.2 Å². The third-order valence-corrected chi connectivity index (χ3v) is 5.23. The zero-order valence-corrected chi connectivity index (χ0v) is 11.3. The largest absolute Gasteiger partial charge is 0.481 e. The Morgan fingerprint density at radius 2 is 2.26 bits per heavy atom. The Morgan fingerprint density at radius 1 is 1.47 bits per heavy atom. The number of sulfonamides is 1. The van der Waals surface area contributed by atoms with Crippen molar-refractivity contribution in [1.82, 2.24) is 14.9 Å². The molecule has 9 heteroatoms. The van der Waals surface area contributed by atoms with E-state index in [1.807, 2.05) is 0 Å². The monoisotopic (exact) mass is 301 g/mol. The van der Waals surface area contributed by atoms with Gasteiger partial charge in [-0.1, -0.05) is 0 Å². The molecule has 0 saturated carbocycles. The van der Waals surface area contributed by atoms with Crippen LogP contribution in [0.3, 0.4) is 0 Å². The molecule has 0 bridgehead atoms. The average Bonchev–Trinajstić information content (AvgIpc) is 2.96. The van der Waals surface area contributed by atoms with E-state index < -0.39 is 16.0 Å². The molecule has 2 aromatic heterocycles. The minimum Gasteiger partial charge on any atom is -0.481 e. The highest BCUT2D eigenvalue weighted by atomic mass is 32.2. The van der Waals surface area contributed by atoms with Gasteiger partial charge in [-0.3, -0.25) is 9.89 Å². The first-order chi connectivity index (χ1) is 8.97. The Kier molecular flexibility index (Phi) is 3.98. The van der Waals surface area contributed by atoms with Gasteiger partial charge in [0, 0.05) is 23.2 Å². The quantitative estimate of drug-likeness (QED) is 0.722. The first-order valence-corrected chi connectivity index (χ1v) is 7.55. The van der Waals surface area contributed by atoms with Crippen molar-refractivity contribution in [3.63, 3.8) is 0 Å². The highest BCUT2D eigenvalue weighted by Gasteiger charge is 2.17. The van der Waals surface area contributed by atoms with Crippen LogP contribution >= 0.6 is 11.3 Å². The van der Waals surface area contributed by atoms with Gasteiger partial charge in [0.1, 0.15) is 4.21 Å². The normalized spacial score (nSPS) is 11.6. The van der Waals surface area contributed by atoms with Crippen LogP contribution in [-0.4, -0.2) is 29.7 Å². The number of aliphatic carboxylic acids is 1. The van der Waals surface area contributed by atoms with E-state index in [-0.39, 0.29) is 17.2 Å². The van der Waals surface area contributed by atoms with Gasteiger partial charge in [-0.15, -0.1) is 11.3 Å². The molecule has 0 amide bonds. The molecule has 0 unspecified atom stereocenters. The van der Waals surface area contributed by atoms with Gasteiger partial charge in [0.15, 0.2) is 0 Å². The molecule has 7 nitrogen and oxygen atoms in total. The van der Waals surface area contributed by atoms with E-state index in [0.29, 0.717) is 10.4 Å². The van der Waals surface area contributed by atoms with E-state index in [1.165, 1.54) is 18.3 Å². The maximum Gasteiger partial charge on any atom is 0.308 e. The summed E-state index contributed by atoms with van der Waals surface area (Å²) in [5.41, 5.74) is 0.714. The molecule has 0 aliphatic carbocycles. The zero-order valence-electron chi connectivity index (χ0n) is 9.66. The number of carboxylic acid groups (broad SMARTS) is 1. The number of carbonyl (C=O) groups is 1. The maximum atomic E-state index is 11.9. The Morgan fingerprint density at radius 3 is 2.89 bits per heavy atom. The number of nitrogens with zero attached hydrogens (tertiary/aromatic N) is 1. The second kappa shape index (κ2) is 5.51. The van der Waals surface area contributed by atoms with Gasteiger partial charge in [0.2, 0.25) is 10.0 Å². The van der Waals surface area contributed by atoms with Gasteiger partial charge in [0.25, 0.3) is 0 Å². The molecule has 2 aromatic rings. The summed E-state index contributed by atoms with van der Waals surface area (Å²) in [4.78, 5) is 11.0. The van der Waals surface area contributed by atoms with Gasteiger partial charge < -0.3 is 5.11 Å². The van der Waals surface area contributed by atoms with Crippen molar-refractivity contribution in [3.05, 3.63) is 35.0 Å². The van der Waals surface area contributed by atoms with Gasteiger partial charge in [-0.25, -0.2) is 13.1 Å². The molecule has 0 atom stereocenters. The molecule has 0 radical (unpaired) electrons. The minimum atomic E-state index is -3.62. The molecule has 0 aliphatic rings. The van der Waals surface area contributed by atoms with Crippen LogP contribution in [-0.2, 0) is 27.8 Å². The van der Waals surface area contributed by atoms with Gasteiger partial charge in [-0.05, 0) is 12.1 Å². The Labute approximate surface area is 113 Å².